The number of benzene rings is 3. The van der Waals surface area contributed by atoms with Crippen LogP contribution < -0.4 is 0 Å². The molecule has 0 bridgehead atoms. The second-order valence-corrected chi connectivity index (χ2v) is 9.64. The fraction of sp³-hybridized carbons (Fsp3) is 0.207. The van der Waals surface area contributed by atoms with E-state index in [1.54, 1.807) is 0 Å². The highest BCUT2D eigenvalue weighted by atomic mass is 15.1. The van der Waals surface area contributed by atoms with Gasteiger partial charge in [0.15, 0.2) is 5.82 Å². The van der Waals surface area contributed by atoms with Crippen LogP contribution in [0.5, 0.6) is 0 Å². The largest absolute Gasteiger partial charge is 0.336 e. The molecule has 0 spiro atoms. The summed E-state index contributed by atoms with van der Waals surface area (Å²) in [6, 6.07) is 19.5. The van der Waals surface area contributed by atoms with Crippen LogP contribution in [0.4, 0.5) is 0 Å². The third kappa shape index (κ3) is 3.97. The number of aromatic amines is 2. The van der Waals surface area contributed by atoms with Gasteiger partial charge in [0.1, 0.15) is 11.2 Å². The summed E-state index contributed by atoms with van der Waals surface area (Å²) >= 11 is 0. The maximum atomic E-state index is 4.98. The van der Waals surface area contributed by atoms with Gasteiger partial charge in [0.05, 0.1) is 28.7 Å². The molecule has 0 saturated heterocycles. The number of para-hydroxylation sites is 1. The standard InChI is InChI=1S/C29H29N7/c1-5-19-11-20(16-35(3)4)13-22(12-19)21-9-10-24-23(14-21)27(34-33-24)29-31-25-7-6-8-26(28(25)32-29)36-15-18(2)30-17-36/h6-15,17H,5,16H2,1-4H3,(H,31,32)(H,33,34). The van der Waals surface area contributed by atoms with Crippen LogP contribution in [0.2, 0.25) is 0 Å². The minimum atomic E-state index is 0.744. The average Bonchev–Trinajstić information content (AvgIpc) is 3.60. The van der Waals surface area contributed by atoms with Gasteiger partial charge < -0.3 is 14.5 Å². The summed E-state index contributed by atoms with van der Waals surface area (Å²) in [7, 11) is 4.21. The summed E-state index contributed by atoms with van der Waals surface area (Å²) in [6.45, 7) is 5.11. The van der Waals surface area contributed by atoms with E-state index in [0.29, 0.717) is 0 Å². The van der Waals surface area contributed by atoms with Crippen LogP contribution in [0.3, 0.4) is 0 Å². The smallest absolute Gasteiger partial charge is 0.159 e. The van der Waals surface area contributed by atoms with Crippen molar-refractivity contribution in [2.24, 2.45) is 0 Å². The summed E-state index contributed by atoms with van der Waals surface area (Å²) < 4.78 is 2.01. The molecule has 6 rings (SSSR count). The van der Waals surface area contributed by atoms with Crippen LogP contribution in [0.15, 0.2) is 67.1 Å². The Labute approximate surface area is 209 Å². The van der Waals surface area contributed by atoms with Gasteiger partial charge in [-0.2, -0.15) is 5.10 Å². The van der Waals surface area contributed by atoms with Crippen molar-refractivity contribution < 1.29 is 0 Å². The van der Waals surface area contributed by atoms with E-state index in [9.17, 15) is 0 Å². The molecule has 0 saturated carbocycles. The fourth-order valence-electron chi connectivity index (χ4n) is 4.85. The number of H-pyrrole nitrogens is 2. The number of rotatable bonds is 6. The second-order valence-electron chi connectivity index (χ2n) is 9.64. The molecule has 0 fully saturated rings. The number of aryl methyl sites for hydroxylation is 2. The van der Waals surface area contributed by atoms with E-state index in [4.69, 9.17) is 4.98 Å². The summed E-state index contributed by atoms with van der Waals surface area (Å²) in [5.74, 6) is 0.744. The predicted molar refractivity (Wildman–Crippen MR) is 145 cm³/mol. The Morgan fingerprint density at radius 3 is 2.58 bits per heavy atom. The van der Waals surface area contributed by atoms with Gasteiger partial charge >= 0.3 is 0 Å². The van der Waals surface area contributed by atoms with Crippen molar-refractivity contribution in [1.29, 1.82) is 0 Å². The zero-order chi connectivity index (χ0) is 24.8. The quantitative estimate of drug-likeness (QED) is 0.315. The first-order valence-electron chi connectivity index (χ1n) is 12.2. The molecule has 7 nitrogen and oxygen atoms in total. The molecule has 0 atom stereocenters. The highest BCUT2D eigenvalue weighted by molar-refractivity contribution is 5.96. The lowest BCUT2D eigenvalue weighted by Crippen LogP contribution is -2.10. The molecule has 0 aliphatic carbocycles. The fourth-order valence-corrected chi connectivity index (χ4v) is 4.85. The highest BCUT2D eigenvalue weighted by Gasteiger charge is 2.16. The number of fused-ring (bicyclic) bond motifs is 2. The molecule has 0 aliphatic heterocycles. The molecule has 7 heteroatoms. The van der Waals surface area contributed by atoms with E-state index in [0.717, 1.165) is 57.8 Å². The zero-order valence-electron chi connectivity index (χ0n) is 21.0. The first-order chi connectivity index (χ1) is 17.5. The van der Waals surface area contributed by atoms with Gasteiger partial charge in [-0.1, -0.05) is 31.2 Å². The van der Waals surface area contributed by atoms with E-state index >= 15 is 0 Å². The SMILES string of the molecule is CCc1cc(CN(C)C)cc(-c2ccc3[nH]nc(-c4nc5c(-n6cnc(C)c6)cccc5[nH]4)c3c2)c1. The Balaban J connectivity index is 1.46. The third-order valence-corrected chi connectivity index (χ3v) is 6.56. The van der Waals surface area contributed by atoms with Gasteiger partial charge in [0, 0.05) is 18.1 Å². The van der Waals surface area contributed by atoms with E-state index in [1.807, 2.05) is 36.1 Å². The zero-order valence-corrected chi connectivity index (χ0v) is 21.0. The van der Waals surface area contributed by atoms with Crippen LogP contribution in [-0.4, -0.2) is 48.7 Å². The summed E-state index contributed by atoms with van der Waals surface area (Å²) in [5.41, 5.74) is 10.7. The first-order valence-corrected chi connectivity index (χ1v) is 12.2. The number of imidazole rings is 2. The summed E-state index contributed by atoms with van der Waals surface area (Å²) in [6.07, 6.45) is 4.84. The monoisotopic (exact) mass is 475 g/mol. The van der Waals surface area contributed by atoms with Crippen molar-refractivity contribution in [1.82, 2.24) is 34.6 Å². The lowest BCUT2D eigenvalue weighted by atomic mass is 9.97. The van der Waals surface area contributed by atoms with E-state index in [-0.39, 0.29) is 0 Å². The average molecular weight is 476 g/mol. The summed E-state index contributed by atoms with van der Waals surface area (Å²) in [5, 5.41) is 8.88. The topological polar surface area (TPSA) is 78.4 Å². The van der Waals surface area contributed by atoms with Gasteiger partial charge in [-0.15, -0.1) is 0 Å². The van der Waals surface area contributed by atoms with Gasteiger partial charge in [0.25, 0.3) is 0 Å². The molecule has 3 aromatic heterocycles. The van der Waals surface area contributed by atoms with Gasteiger partial charge in [0.2, 0.25) is 0 Å². The van der Waals surface area contributed by atoms with Gasteiger partial charge in [-0.3, -0.25) is 5.10 Å². The molecule has 0 amide bonds. The minimum Gasteiger partial charge on any atom is -0.336 e. The first kappa shape index (κ1) is 22.2. The Bertz CT molecular complexity index is 1700. The third-order valence-electron chi connectivity index (χ3n) is 6.56. The van der Waals surface area contributed by atoms with Crippen molar-refractivity contribution in [3.63, 3.8) is 0 Å². The molecule has 3 heterocycles. The van der Waals surface area contributed by atoms with Crippen LogP contribution >= 0.6 is 0 Å². The molecule has 6 aromatic rings. The highest BCUT2D eigenvalue weighted by Crippen LogP contribution is 2.32. The normalized spacial score (nSPS) is 11.8. The van der Waals surface area contributed by atoms with Crippen LogP contribution in [0.25, 0.3) is 50.3 Å². The van der Waals surface area contributed by atoms with Gasteiger partial charge in [-0.25, -0.2) is 9.97 Å². The van der Waals surface area contributed by atoms with Crippen LogP contribution in [-0.2, 0) is 13.0 Å². The molecular weight excluding hydrogens is 446 g/mol. The Kier molecular flexibility index (Phi) is 5.42. The van der Waals surface area contributed by atoms with Crippen molar-refractivity contribution in [2.45, 2.75) is 26.8 Å². The number of nitrogens with zero attached hydrogens (tertiary/aromatic N) is 5. The molecule has 2 N–H and O–H groups in total. The maximum Gasteiger partial charge on any atom is 0.159 e. The molecule has 180 valence electrons. The molecule has 3 aromatic carbocycles. The van der Waals surface area contributed by atoms with E-state index in [2.05, 4.69) is 88.5 Å². The van der Waals surface area contributed by atoms with Gasteiger partial charge in [-0.05, 0) is 80.0 Å². The molecule has 0 radical (unpaired) electrons. The number of hydrogen-bond donors (Lipinski definition) is 2. The van der Waals surface area contributed by atoms with Crippen molar-refractivity contribution in [2.75, 3.05) is 14.1 Å². The molecule has 0 aliphatic rings. The van der Waals surface area contributed by atoms with Crippen molar-refractivity contribution in [3.8, 4) is 28.3 Å². The predicted octanol–water partition coefficient (Wildman–Crippen LogP) is 5.89. The number of hydrogen-bond acceptors (Lipinski definition) is 4. The molecule has 0 unspecified atom stereocenters. The van der Waals surface area contributed by atoms with E-state index < -0.39 is 0 Å². The Morgan fingerprint density at radius 1 is 0.944 bits per heavy atom. The lowest BCUT2D eigenvalue weighted by Gasteiger charge is -2.13. The van der Waals surface area contributed by atoms with Crippen molar-refractivity contribution in [3.05, 3.63) is 83.9 Å². The van der Waals surface area contributed by atoms with Crippen LogP contribution in [0.1, 0.15) is 23.7 Å². The van der Waals surface area contributed by atoms with Crippen molar-refractivity contribution >= 4 is 21.9 Å². The lowest BCUT2D eigenvalue weighted by molar-refractivity contribution is 0.402. The Morgan fingerprint density at radius 2 is 1.81 bits per heavy atom. The molecular formula is C29H29N7. The number of aromatic nitrogens is 6. The second kappa shape index (κ2) is 8.77. The number of nitrogens with one attached hydrogen (secondary N) is 2. The Hall–Kier alpha value is -4.23. The van der Waals surface area contributed by atoms with E-state index in [1.165, 1.54) is 22.3 Å². The maximum absolute atomic E-state index is 4.98. The summed E-state index contributed by atoms with van der Waals surface area (Å²) in [4.78, 5) is 15.0. The minimum absolute atomic E-state index is 0.744. The van der Waals surface area contributed by atoms with Crippen LogP contribution in [0, 0.1) is 6.92 Å². The molecule has 36 heavy (non-hydrogen) atoms.